The van der Waals surface area contributed by atoms with Crippen molar-refractivity contribution < 1.29 is 14.4 Å². The van der Waals surface area contributed by atoms with Gasteiger partial charge in [-0.1, -0.05) is 37.6 Å². The van der Waals surface area contributed by atoms with E-state index in [4.69, 9.17) is 0 Å². The molecule has 1 aliphatic heterocycles. The number of amides is 3. The van der Waals surface area contributed by atoms with Crippen LogP contribution < -0.4 is 10.2 Å². The number of carbonyl (C=O) groups excluding carboxylic acids is 3. The molecule has 25 heavy (non-hydrogen) atoms. The number of hydrogen-bond donors (Lipinski definition) is 1. The number of benzene rings is 2. The molecule has 1 aliphatic rings. The summed E-state index contributed by atoms with van der Waals surface area (Å²) in [5, 5.41) is 2.87. The third-order valence-electron chi connectivity index (χ3n) is 4.21. The minimum absolute atomic E-state index is 0.0260. The average Bonchev–Trinajstić information content (AvgIpc) is 2.88. The fourth-order valence-electron chi connectivity index (χ4n) is 2.84. The van der Waals surface area contributed by atoms with Crippen LogP contribution in [0.4, 0.5) is 5.69 Å². The number of fused-ring (bicyclic) bond motifs is 1. The zero-order valence-electron chi connectivity index (χ0n) is 14.1. The van der Waals surface area contributed by atoms with Crippen LogP contribution in [0.25, 0.3) is 0 Å². The second kappa shape index (κ2) is 7.30. The minimum Gasteiger partial charge on any atom is -0.356 e. The van der Waals surface area contributed by atoms with Crippen molar-refractivity contribution in [2.24, 2.45) is 0 Å². The first-order valence-electron chi connectivity index (χ1n) is 8.45. The van der Waals surface area contributed by atoms with E-state index in [1.807, 2.05) is 0 Å². The van der Waals surface area contributed by atoms with Crippen LogP contribution in [-0.4, -0.2) is 24.3 Å². The maximum atomic E-state index is 12.5. The molecule has 0 atom stereocenters. The fraction of sp³-hybridized carbons (Fsp3) is 0.250. The highest BCUT2D eigenvalue weighted by molar-refractivity contribution is 6.34. The Labute approximate surface area is 146 Å². The lowest BCUT2D eigenvalue weighted by Gasteiger charge is -2.14. The van der Waals surface area contributed by atoms with Gasteiger partial charge in [-0.2, -0.15) is 0 Å². The lowest BCUT2D eigenvalue weighted by atomic mass is 10.1. The summed E-state index contributed by atoms with van der Waals surface area (Å²) in [7, 11) is 0. The van der Waals surface area contributed by atoms with E-state index in [9.17, 15) is 14.4 Å². The SMILES string of the molecule is CCCCNC(=O)Cc1ccc(N2C(=O)c3ccccc3C2=O)cc1. The molecule has 5 heteroatoms. The van der Waals surface area contributed by atoms with Gasteiger partial charge < -0.3 is 5.32 Å². The third-order valence-corrected chi connectivity index (χ3v) is 4.21. The van der Waals surface area contributed by atoms with Crippen molar-refractivity contribution in [2.45, 2.75) is 26.2 Å². The van der Waals surface area contributed by atoms with Gasteiger partial charge in [0.25, 0.3) is 11.8 Å². The van der Waals surface area contributed by atoms with Crippen molar-refractivity contribution in [1.29, 1.82) is 0 Å². The van der Waals surface area contributed by atoms with E-state index in [0.717, 1.165) is 18.4 Å². The van der Waals surface area contributed by atoms with Crippen LogP contribution >= 0.6 is 0 Å². The molecular weight excluding hydrogens is 316 g/mol. The summed E-state index contributed by atoms with van der Waals surface area (Å²) in [6.07, 6.45) is 2.28. The second-order valence-corrected chi connectivity index (χ2v) is 6.04. The largest absolute Gasteiger partial charge is 0.356 e. The van der Waals surface area contributed by atoms with Gasteiger partial charge in [0, 0.05) is 6.54 Å². The normalized spacial score (nSPS) is 13.1. The van der Waals surface area contributed by atoms with Gasteiger partial charge >= 0.3 is 0 Å². The highest BCUT2D eigenvalue weighted by atomic mass is 16.2. The van der Waals surface area contributed by atoms with Gasteiger partial charge in [-0.05, 0) is 36.2 Å². The Morgan fingerprint density at radius 1 is 0.960 bits per heavy atom. The summed E-state index contributed by atoms with van der Waals surface area (Å²) >= 11 is 0. The van der Waals surface area contributed by atoms with Gasteiger partial charge in [0.05, 0.1) is 23.2 Å². The molecule has 5 nitrogen and oxygen atoms in total. The summed E-state index contributed by atoms with van der Waals surface area (Å²) < 4.78 is 0. The van der Waals surface area contributed by atoms with Crippen molar-refractivity contribution in [3.63, 3.8) is 0 Å². The number of imide groups is 1. The highest BCUT2D eigenvalue weighted by Crippen LogP contribution is 2.28. The zero-order valence-corrected chi connectivity index (χ0v) is 14.1. The van der Waals surface area contributed by atoms with E-state index < -0.39 is 0 Å². The van der Waals surface area contributed by atoms with Crippen LogP contribution in [-0.2, 0) is 11.2 Å². The van der Waals surface area contributed by atoms with E-state index >= 15 is 0 Å². The van der Waals surface area contributed by atoms with Gasteiger partial charge in [-0.25, -0.2) is 4.90 Å². The Balaban J connectivity index is 1.70. The smallest absolute Gasteiger partial charge is 0.266 e. The van der Waals surface area contributed by atoms with Gasteiger partial charge in [0.15, 0.2) is 0 Å². The number of carbonyl (C=O) groups is 3. The van der Waals surface area contributed by atoms with Crippen molar-refractivity contribution >= 4 is 23.4 Å². The molecule has 0 unspecified atom stereocenters. The van der Waals surface area contributed by atoms with Gasteiger partial charge in [-0.15, -0.1) is 0 Å². The van der Waals surface area contributed by atoms with Gasteiger partial charge in [-0.3, -0.25) is 14.4 Å². The number of nitrogens with zero attached hydrogens (tertiary/aromatic N) is 1. The monoisotopic (exact) mass is 336 g/mol. The molecule has 1 N–H and O–H groups in total. The van der Waals surface area contributed by atoms with Gasteiger partial charge in [0.2, 0.25) is 5.91 Å². The molecule has 3 rings (SSSR count). The number of rotatable bonds is 6. The summed E-state index contributed by atoms with van der Waals surface area (Å²) in [6.45, 7) is 2.76. The van der Waals surface area contributed by atoms with Crippen molar-refractivity contribution in [3.8, 4) is 0 Å². The molecule has 2 aromatic rings. The summed E-state index contributed by atoms with van der Waals surface area (Å²) in [6, 6.07) is 13.8. The van der Waals surface area contributed by atoms with Crippen LogP contribution in [0.1, 0.15) is 46.0 Å². The maximum Gasteiger partial charge on any atom is 0.266 e. The quantitative estimate of drug-likeness (QED) is 0.651. The van der Waals surface area contributed by atoms with Crippen LogP contribution in [0.15, 0.2) is 48.5 Å². The number of hydrogen-bond acceptors (Lipinski definition) is 3. The first kappa shape index (κ1) is 16.9. The third kappa shape index (κ3) is 3.45. The molecular formula is C20H20N2O3. The van der Waals surface area contributed by atoms with E-state index in [1.54, 1.807) is 48.5 Å². The standard InChI is InChI=1S/C20H20N2O3/c1-2-3-12-21-18(23)13-14-8-10-15(11-9-14)22-19(24)16-6-4-5-7-17(16)20(22)25/h4-11H,2-3,12-13H2,1H3,(H,21,23). The van der Waals surface area contributed by atoms with E-state index in [2.05, 4.69) is 12.2 Å². The molecule has 128 valence electrons. The lowest BCUT2D eigenvalue weighted by molar-refractivity contribution is -0.120. The molecule has 1 heterocycles. The number of unbranched alkanes of at least 4 members (excludes halogenated alkanes) is 1. The number of anilines is 1. The van der Waals surface area contributed by atoms with Crippen LogP contribution in [0.2, 0.25) is 0 Å². The van der Waals surface area contributed by atoms with Crippen molar-refractivity contribution in [2.75, 3.05) is 11.4 Å². The Morgan fingerprint density at radius 2 is 1.56 bits per heavy atom. The second-order valence-electron chi connectivity index (χ2n) is 6.04. The summed E-state index contributed by atoms with van der Waals surface area (Å²) in [4.78, 5) is 37.9. The van der Waals surface area contributed by atoms with Crippen molar-refractivity contribution in [1.82, 2.24) is 5.32 Å². The van der Waals surface area contributed by atoms with Crippen LogP contribution in [0.5, 0.6) is 0 Å². The maximum absolute atomic E-state index is 12.5. The Bertz CT molecular complexity index is 777. The minimum atomic E-state index is -0.314. The molecule has 0 saturated heterocycles. The summed E-state index contributed by atoms with van der Waals surface area (Å²) in [5.41, 5.74) is 2.20. The summed E-state index contributed by atoms with van der Waals surface area (Å²) in [5.74, 6) is -0.654. The topological polar surface area (TPSA) is 66.5 Å². The van der Waals surface area contributed by atoms with E-state index in [-0.39, 0.29) is 24.1 Å². The van der Waals surface area contributed by atoms with Crippen LogP contribution in [0.3, 0.4) is 0 Å². The molecule has 0 bridgehead atoms. The molecule has 0 fully saturated rings. The first-order valence-corrected chi connectivity index (χ1v) is 8.45. The molecule has 0 aliphatic carbocycles. The molecule has 3 amide bonds. The molecule has 0 spiro atoms. The predicted octanol–water partition coefficient (Wildman–Crippen LogP) is 2.95. The molecule has 0 radical (unpaired) electrons. The van der Waals surface area contributed by atoms with Crippen LogP contribution in [0, 0.1) is 0 Å². The lowest BCUT2D eigenvalue weighted by Crippen LogP contribution is -2.29. The Kier molecular flexibility index (Phi) is 4.93. The first-order chi connectivity index (χ1) is 12.1. The van der Waals surface area contributed by atoms with E-state index in [1.165, 1.54) is 4.90 Å². The molecule has 0 saturated carbocycles. The Hall–Kier alpha value is -2.95. The molecule has 2 aromatic carbocycles. The van der Waals surface area contributed by atoms with E-state index in [0.29, 0.717) is 23.4 Å². The fourth-order valence-corrected chi connectivity index (χ4v) is 2.84. The average molecular weight is 336 g/mol. The number of nitrogens with one attached hydrogen (secondary N) is 1. The zero-order chi connectivity index (χ0) is 17.8. The Morgan fingerprint density at radius 3 is 2.12 bits per heavy atom. The van der Waals surface area contributed by atoms with Gasteiger partial charge in [0.1, 0.15) is 0 Å². The molecule has 0 aromatic heterocycles. The predicted molar refractivity (Wildman–Crippen MR) is 95.6 cm³/mol. The highest BCUT2D eigenvalue weighted by Gasteiger charge is 2.36. The van der Waals surface area contributed by atoms with Crippen molar-refractivity contribution in [3.05, 3.63) is 65.2 Å².